The van der Waals surface area contributed by atoms with Gasteiger partial charge in [0.1, 0.15) is 0 Å². The molecule has 1 saturated heterocycles. The fourth-order valence-electron chi connectivity index (χ4n) is 4.43. The maximum atomic E-state index is 13.0. The number of hydrogen-bond acceptors (Lipinski definition) is 4. The fourth-order valence-corrected chi connectivity index (χ4v) is 4.43. The topological polar surface area (TPSA) is 87.4 Å². The van der Waals surface area contributed by atoms with Gasteiger partial charge >= 0.3 is 5.69 Å². The van der Waals surface area contributed by atoms with Crippen LogP contribution in [-0.4, -0.2) is 64.5 Å². The molecule has 1 saturated carbocycles. The summed E-state index contributed by atoms with van der Waals surface area (Å²) < 4.78 is 1.87. The number of carbonyl (C=O) groups is 1. The third kappa shape index (κ3) is 3.63. The van der Waals surface area contributed by atoms with E-state index in [4.69, 9.17) is 5.73 Å². The molecule has 0 bridgehead atoms. The van der Waals surface area contributed by atoms with Crippen molar-refractivity contribution < 1.29 is 4.79 Å². The molecule has 2 heterocycles. The van der Waals surface area contributed by atoms with Crippen LogP contribution in [0.25, 0.3) is 11.0 Å². The standard InChI is InChI=1S/C19H27N5O2.ClH/c1-22-8-9-23(15(11-20)12-22)18(25)13-6-7-17-16(10-13)21-19(26)24(17)14-4-2-3-5-14;/h6-7,10,14-15H,2-5,8-9,11-12,20H2,1H3,(H,21,26);1H. The highest BCUT2D eigenvalue weighted by Crippen LogP contribution is 2.31. The molecule has 1 amide bonds. The lowest BCUT2D eigenvalue weighted by molar-refractivity contribution is 0.0516. The number of fused-ring (bicyclic) bond motifs is 1. The first-order valence-electron chi connectivity index (χ1n) is 9.52. The van der Waals surface area contributed by atoms with Crippen LogP contribution in [0.4, 0.5) is 0 Å². The van der Waals surface area contributed by atoms with Crippen molar-refractivity contribution in [3.8, 4) is 0 Å². The Morgan fingerprint density at radius 2 is 2.00 bits per heavy atom. The number of aromatic nitrogens is 2. The van der Waals surface area contributed by atoms with Crippen molar-refractivity contribution in [2.75, 3.05) is 33.2 Å². The normalized spacial score (nSPS) is 21.6. The van der Waals surface area contributed by atoms with Gasteiger partial charge in [0.05, 0.1) is 17.1 Å². The van der Waals surface area contributed by atoms with Gasteiger partial charge in [-0.15, -0.1) is 12.4 Å². The van der Waals surface area contributed by atoms with Crippen LogP contribution in [0.3, 0.4) is 0 Å². The average molecular weight is 394 g/mol. The minimum atomic E-state index is -0.0732. The number of aromatic amines is 1. The Balaban J connectivity index is 0.00000210. The molecule has 1 atom stereocenters. The van der Waals surface area contributed by atoms with Crippen molar-refractivity contribution in [3.63, 3.8) is 0 Å². The molecule has 8 heteroatoms. The number of nitrogens with one attached hydrogen (secondary N) is 1. The minimum absolute atomic E-state index is 0. The van der Waals surface area contributed by atoms with Crippen LogP contribution >= 0.6 is 12.4 Å². The quantitative estimate of drug-likeness (QED) is 0.828. The molecule has 4 rings (SSSR count). The maximum Gasteiger partial charge on any atom is 0.326 e. The Labute approximate surface area is 164 Å². The van der Waals surface area contributed by atoms with E-state index >= 15 is 0 Å². The van der Waals surface area contributed by atoms with Crippen molar-refractivity contribution in [1.82, 2.24) is 19.4 Å². The predicted octanol–water partition coefficient (Wildman–Crippen LogP) is 1.58. The Bertz CT molecular complexity index is 871. The monoisotopic (exact) mass is 393 g/mol. The van der Waals surface area contributed by atoms with E-state index in [0.29, 0.717) is 18.7 Å². The zero-order chi connectivity index (χ0) is 18.3. The Hall–Kier alpha value is -1.83. The summed E-state index contributed by atoms with van der Waals surface area (Å²) in [6, 6.07) is 5.87. The molecule has 1 aromatic heterocycles. The second-order valence-electron chi connectivity index (χ2n) is 7.62. The van der Waals surface area contributed by atoms with Gasteiger partial charge in [0.15, 0.2) is 0 Å². The third-order valence-electron chi connectivity index (χ3n) is 5.87. The van der Waals surface area contributed by atoms with E-state index in [9.17, 15) is 9.59 Å². The molecule has 1 unspecified atom stereocenters. The molecule has 0 radical (unpaired) electrons. The molecule has 1 aromatic carbocycles. The van der Waals surface area contributed by atoms with Gasteiger partial charge in [0.2, 0.25) is 0 Å². The third-order valence-corrected chi connectivity index (χ3v) is 5.87. The number of rotatable bonds is 3. The second kappa shape index (κ2) is 8.04. The first-order chi connectivity index (χ1) is 12.6. The van der Waals surface area contributed by atoms with Crippen LogP contribution < -0.4 is 11.4 Å². The smallest absolute Gasteiger partial charge is 0.326 e. The van der Waals surface area contributed by atoms with Crippen molar-refractivity contribution in [1.29, 1.82) is 0 Å². The molecule has 0 spiro atoms. The Kier molecular flexibility index (Phi) is 5.93. The number of hydrogen-bond donors (Lipinski definition) is 2. The van der Waals surface area contributed by atoms with Crippen molar-refractivity contribution in [3.05, 3.63) is 34.2 Å². The van der Waals surface area contributed by atoms with Crippen molar-refractivity contribution >= 4 is 29.3 Å². The van der Waals surface area contributed by atoms with E-state index in [1.165, 1.54) is 12.8 Å². The van der Waals surface area contributed by atoms with Gasteiger partial charge in [0.25, 0.3) is 5.91 Å². The van der Waals surface area contributed by atoms with Crippen LogP contribution in [0.5, 0.6) is 0 Å². The molecule has 2 aromatic rings. The highest BCUT2D eigenvalue weighted by Gasteiger charge is 2.29. The van der Waals surface area contributed by atoms with Crippen LogP contribution in [0.2, 0.25) is 0 Å². The molecule has 2 aliphatic rings. The maximum absolute atomic E-state index is 13.0. The summed E-state index contributed by atoms with van der Waals surface area (Å²) in [5, 5.41) is 0. The summed E-state index contributed by atoms with van der Waals surface area (Å²) in [4.78, 5) is 32.5. The summed E-state index contributed by atoms with van der Waals surface area (Å²) in [5.74, 6) is -0.00934. The van der Waals surface area contributed by atoms with Gasteiger partial charge in [-0.25, -0.2) is 4.79 Å². The van der Waals surface area contributed by atoms with Crippen LogP contribution in [0.15, 0.2) is 23.0 Å². The molecular weight excluding hydrogens is 366 g/mol. The van der Waals surface area contributed by atoms with E-state index in [1.807, 2.05) is 34.7 Å². The number of H-pyrrole nitrogens is 1. The Morgan fingerprint density at radius 1 is 1.26 bits per heavy atom. The summed E-state index contributed by atoms with van der Waals surface area (Å²) in [6.07, 6.45) is 4.44. The first-order valence-corrected chi connectivity index (χ1v) is 9.52. The van der Waals surface area contributed by atoms with Gasteiger partial charge in [-0.2, -0.15) is 0 Å². The lowest BCUT2D eigenvalue weighted by atomic mass is 10.1. The molecule has 1 aliphatic heterocycles. The summed E-state index contributed by atoms with van der Waals surface area (Å²) in [6.45, 7) is 2.76. The summed E-state index contributed by atoms with van der Waals surface area (Å²) in [5.41, 5.74) is 8.06. The lowest BCUT2D eigenvalue weighted by Gasteiger charge is -2.39. The average Bonchev–Trinajstić information content (AvgIpc) is 3.26. The van der Waals surface area contributed by atoms with Crippen LogP contribution in [0.1, 0.15) is 42.1 Å². The van der Waals surface area contributed by atoms with Crippen molar-refractivity contribution in [2.45, 2.75) is 37.8 Å². The molecular formula is C19H28ClN5O2. The number of carbonyl (C=O) groups excluding carboxylic acids is 1. The first kappa shape index (κ1) is 19.9. The molecule has 2 fully saturated rings. The van der Waals surface area contributed by atoms with Crippen LogP contribution in [0, 0.1) is 0 Å². The van der Waals surface area contributed by atoms with Crippen molar-refractivity contribution in [2.24, 2.45) is 5.73 Å². The van der Waals surface area contributed by atoms with Gasteiger partial charge < -0.3 is 20.5 Å². The summed E-state index contributed by atoms with van der Waals surface area (Å²) >= 11 is 0. The number of amides is 1. The number of piperazine rings is 1. The molecule has 1 aliphatic carbocycles. The highest BCUT2D eigenvalue weighted by molar-refractivity contribution is 5.97. The highest BCUT2D eigenvalue weighted by atomic mass is 35.5. The lowest BCUT2D eigenvalue weighted by Crippen LogP contribution is -2.56. The fraction of sp³-hybridized carbons (Fsp3) is 0.579. The zero-order valence-electron chi connectivity index (χ0n) is 15.7. The predicted molar refractivity (Wildman–Crippen MR) is 109 cm³/mol. The van der Waals surface area contributed by atoms with E-state index in [1.54, 1.807) is 0 Å². The number of nitrogens with zero attached hydrogens (tertiary/aromatic N) is 3. The largest absolute Gasteiger partial charge is 0.332 e. The van der Waals surface area contributed by atoms with E-state index in [-0.39, 0.29) is 36.1 Å². The van der Waals surface area contributed by atoms with Gasteiger partial charge in [-0.3, -0.25) is 9.36 Å². The molecule has 7 nitrogen and oxygen atoms in total. The number of likely N-dealkylation sites (N-methyl/N-ethyl adjacent to an activating group) is 1. The van der Waals surface area contributed by atoms with E-state index in [2.05, 4.69) is 9.88 Å². The zero-order valence-corrected chi connectivity index (χ0v) is 16.5. The van der Waals surface area contributed by atoms with Crippen LogP contribution in [-0.2, 0) is 0 Å². The molecule has 27 heavy (non-hydrogen) atoms. The number of benzene rings is 1. The summed E-state index contributed by atoms with van der Waals surface area (Å²) in [7, 11) is 2.05. The Morgan fingerprint density at radius 3 is 2.70 bits per heavy atom. The van der Waals surface area contributed by atoms with E-state index < -0.39 is 0 Å². The number of imidazole rings is 1. The van der Waals surface area contributed by atoms with Gasteiger partial charge in [0, 0.05) is 37.8 Å². The molecule has 3 N–H and O–H groups in total. The minimum Gasteiger partial charge on any atom is -0.332 e. The number of nitrogens with two attached hydrogens (primary N) is 1. The van der Waals surface area contributed by atoms with E-state index in [0.717, 1.165) is 37.0 Å². The number of halogens is 1. The van der Waals surface area contributed by atoms with Gasteiger partial charge in [-0.1, -0.05) is 12.8 Å². The van der Waals surface area contributed by atoms with Gasteiger partial charge in [-0.05, 0) is 38.1 Å². The molecule has 148 valence electrons. The second-order valence-corrected chi connectivity index (χ2v) is 7.62. The SMILES string of the molecule is CN1CCN(C(=O)c2ccc3c(c2)[nH]c(=O)n3C2CCCC2)C(CN)C1.Cl.